The molecule has 5 nitrogen and oxygen atoms in total. The Morgan fingerprint density at radius 1 is 1.44 bits per heavy atom. The number of carboxylic acids is 1. The Morgan fingerprint density at radius 2 is 2.11 bits per heavy atom. The van der Waals surface area contributed by atoms with Gasteiger partial charge in [0.1, 0.15) is 11.1 Å². The molecule has 96 valence electrons. The summed E-state index contributed by atoms with van der Waals surface area (Å²) in [5.41, 5.74) is 0.328. The van der Waals surface area contributed by atoms with Crippen molar-refractivity contribution in [3.8, 4) is 0 Å². The third kappa shape index (κ3) is 1.92. The van der Waals surface area contributed by atoms with Crippen molar-refractivity contribution in [2.75, 3.05) is 11.4 Å². The number of anilines is 1. The van der Waals surface area contributed by atoms with Crippen LogP contribution in [-0.2, 0) is 4.79 Å². The van der Waals surface area contributed by atoms with Crippen molar-refractivity contribution in [3.63, 3.8) is 0 Å². The van der Waals surface area contributed by atoms with Crippen LogP contribution in [0.1, 0.15) is 20.8 Å². The van der Waals surface area contributed by atoms with Crippen molar-refractivity contribution < 1.29 is 14.3 Å². The predicted octanol–water partition coefficient (Wildman–Crippen LogP) is 2.52. The van der Waals surface area contributed by atoms with E-state index in [0.29, 0.717) is 18.1 Å². The van der Waals surface area contributed by atoms with E-state index in [1.807, 2.05) is 31.2 Å². The van der Waals surface area contributed by atoms with E-state index in [4.69, 9.17) is 4.42 Å². The molecule has 0 radical (unpaired) electrons. The predicted molar refractivity (Wildman–Crippen MR) is 68.7 cm³/mol. The number of para-hydroxylation sites is 2. The number of aliphatic carboxylic acids is 1. The first-order chi connectivity index (χ1) is 8.46. The normalized spacial score (nSPS) is 11.7. The van der Waals surface area contributed by atoms with E-state index in [1.165, 1.54) is 0 Å². The number of nitrogens with zero attached hydrogens (tertiary/aromatic N) is 2. The van der Waals surface area contributed by atoms with E-state index in [-0.39, 0.29) is 0 Å². The van der Waals surface area contributed by atoms with E-state index in [0.717, 1.165) is 5.52 Å². The minimum atomic E-state index is -1.06. The highest BCUT2D eigenvalue weighted by Crippen LogP contribution is 2.27. The Kier molecular flexibility index (Phi) is 2.98. The number of carboxylic acid groups (broad SMARTS) is 1. The Balaban J connectivity index is 2.47. The molecule has 0 fully saturated rings. The molecule has 0 amide bonds. The third-order valence-corrected chi connectivity index (χ3v) is 3.03. The summed E-state index contributed by atoms with van der Waals surface area (Å²) in [7, 11) is 0. The molecule has 1 aromatic carbocycles. The molecule has 18 heavy (non-hydrogen) atoms. The first kappa shape index (κ1) is 12.4. The molecule has 2 aromatic rings. The zero-order chi connectivity index (χ0) is 13.3. The summed E-state index contributed by atoms with van der Waals surface area (Å²) in [5, 5.41) is 9.27. The highest BCUT2D eigenvalue weighted by molar-refractivity contribution is 5.82. The number of oxazole rings is 1. The van der Waals surface area contributed by atoms with Crippen molar-refractivity contribution in [2.24, 2.45) is 0 Å². The fraction of sp³-hybridized carbons (Fsp3) is 0.385. The minimum Gasteiger partial charge on any atom is -0.480 e. The van der Waals surface area contributed by atoms with Crippen LogP contribution in [0, 0.1) is 0 Å². The van der Waals surface area contributed by atoms with Crippen LogP contribution in [-0.4, -0.2) is 28.1 Å². The molecule has 2 rings (SSSR count). The van der Waals surface area contributed by atoms with Crippen LogP contribution in [0.25, 0.3) is 11.1 Å². The van der Waals surface area contributed by atoms with Gasteiger partial charge in [-0.3, -0.25) is 0 Å². The summed E-state index contributed by atoms with van der Waals surface area (Å²) < 4.78 is 5.61. The van der Waals surface area contributed by atoms with Crippen molar-refractivity contribution in [2.45, 2.75) is 26.3 Å². The number of carbonyl (C=O) groups is 1. The molecular formula is C13H16N2O3. The van der Waals surface area contributed by atoms with Gasteiger partial charge in [0.25, 0.3) is 6.01 Å². The standard InChI is InChI=1S/C13H16N2O3/c1-4-15(13(2,3)11(16)17)12-14-9-7-5-6-8-10(9)18-12/h5-8H,4H2,1-3H3,(H,16,17). The third-order valence-electron chi connectivity index (χ3n) is 3.03. The summed E-state index contributed by atoms with van der Waals surface area (Å²) in [6.45, 7) is 5.65. The van der Waals surface area contributed by atoms with Crippen LogP contribution in [0.2, 0.25) is 0 Å². The van der Waals surface area contributed by atoms with Gasteiger partial charge in [-0.2, -0.15) is 4.98 Å². The van der Waals surface area contributed by atoms with Gasteiger partial charge in [0.05, 0.1) is 0 Å². The van der Waals surface area contributed by atoms with Gasteiger partial charge in [-0.1, -0.05) is 12.1 Å². The average molecular weight is 248 g/mol. The molecule has 0 saturated carbocycles. The van der Waals surface area contributed by atoms with E-state index in [1.54, 1.807) is 18.7 Å². The van der Waals surface area contributed by atoms with Crippen molar-refractivity contribution in [1.82, 2.24) is 4.98 Å². The molecule has 0 saturated heterocycles. The maximum Gasteiger partial charge on any atom is 0.329 e. The van der Waals surface area contributed by atoms with Crippen molar-refractivity contribution >= 4 is 23.1 Å². The Hall–Kier alpha value is -2.04. The molecule has 0 unspecified atom stereocenters. The molecule has 1 N–H and O–H groups in total. The monoisotopic (exact) mass is 248 g/mol. The summed E-state index contributed by atoms with van der Waals surface area (Å²) in [6.07, 6.45) is 0. The fourth-order valence-electron chi connectivity index (χ4n) is 1.86. The summed E-state index contributed by atoms with van der Waals surface area (Å²) in [5.74, 6) is -0.911. The fourth-order valence-corrected chi connectivity index (χ4v) is 1.86. The maximum atomic E-state index is 11.3. The number of rotatable bonds is 4. The number of aromatic nitrogens is 1. The molecule has 5 heteroatoms. The van der Waals surface area contributed by atoms with Crippen LogP contribution in [0.3, 0.4) is 0 Å². The molecule has 1 heterocycles. The molecule has 0 spiro atoms. The minimum absolute atomic E-state index is 0.339. The van der Waals surface area contributed by atoms with Crippen LogP contribution in [0.5, 0.6) is 0 Å². The lowest BCUT2D eigenvalue weighted by Crippen LogP contribution is -2.50. The lowest BCUT2D eigenvalue weighted by Gasteiger charge is -2.32. The number of fused-ring (bicyclic) bond motifs is 1. The van der Waals surface area contributed by atoms with E-state index < -0.39 is 11.5 Å². The number of hydrogen-bond donors (Lipinski definition) is 1. The van der Waals surface area contributed by atoms with Gasteiger partial charge in [0, 0.05) is 6.54 Å². The zero-order valence-corrected chi connectivity index (χ0v) is 10.7. The van der Waals surface area contributed by atoms with Gasteiger partial charge in [-0.05, 0) is 32.9 Å². The average Bonchev–Trinajstić information content (AvgIpc) is 2.72. The largest absolute Gasteiger partial charge is 0.480 e. The summed E-state index contributed by atoms with van der Waals surface area (Å²) in [4.78, 5) is 17.3. The topological polar surface area (TPSA) is 66.6 Å². The lowest BCUT2D eigenvalue weighted by molar-refractivity contribution is -0.142. The van der Waals surface area contributed by atoms with Gasteiger partial charge in [-0.25, -0.2) is 4.79 Å². The Morgan fingerprint density at radius 3 is 2.67 bits per heavy atom. The molecule has 0 aliphatic rings. The maximum absolute atomic E-state index is 11.3. The van der Waals surface area contributed by atoms with Crippen molar-refractivity contribution in [3.05, 3.63) is 24.3 Å². The Labute approximate surface area is 105 Å². The second-order valence-corrected chi connectivity index (χ2v) is 4.57. The zero-order valence-electron chi connectivity index (χ0n) is 10.7. The second-order valence-electron chi connectivity index (χ2n) is 4.57. The molecule has 0 aliphatic heterocycles. The van der Waals surface area contributed by atoms with Gasteiger partial charge in [0.2, 0.25) is 0 Å². The number of likely N-dealkylation sites (N-methyl/N-ethyl adjacent to an activating group) is 1. The molecule has 0 aliphatic carbocycles. The van der Waals surface area contributed by atoms with Crippen LogP contribution < -0.4 is 4.90 Å². The highest BCUT2D eigenvalue weighted by atomic mass is 16.4. The molecule has 1 aromatic heterocycles. The van der Waals surface area contributed by atoms with E-state index >= 15 is 0 Å². The van der Waals surface area contributed by atoms with Crippen LogP contribution in [0.4, 0.5) is 6.01 Å². The SMILES string of the molecule is CCN(c1nc2ccccc2o1)C(C)(C)C(=O)O. The summed E-state index contributed by atoms with van der Waals surface area (Å²) >= 11 is 0. The summed E-state index contributed by atoms with van der Waals surface area (Å²) in [6, 6.07) is 7.71. The number of benzene rings is 1. The lowest BCUT2D eigenvalue weighted by atomic mass is 10.0. The van der Waals surface area contributed by atoms with E-state index in [9.17, 15) is 9.90 Å². The van der Waals surface area contributed by atoms with Crippen molar-refractivity contribution in [1.29, 1.82) is 0 Å². The van der Waals surface area contributed by atoms with Crippen LogP contribution >= 0.6 is 0 Å². The van der Waals surface area contributed by atoms with Crippen LogP contribution in [0.15, 0.2) is 28.7 Å². The quantitative estimate of drug-likeness (QED) is 0.900. The molecule has 0 bridgehead atoms. The second kappa shape index (κ2) is 4.33. The number of hydrogen-bond acceptors (Lipinski definition) is 4. The molecule has 0 atom stereocenters. The van der Waals surface area contributed by atoms with Gasteiger partial charge < -0.3 is 14.4 Å². The first-order valence-electron chi connectivity index (χ1n) is 5.83. The van der Waals surface area contributed by atoms with Gasteiger partial charge in [-0.15, -0.1) is 0 Å². The first-order valence-corrected chi connectivity index (χ1v) is 5.83. The molecular weight excluding hydrogens is 232 g/mol. The smallest absolute Gasteiger partial charge is 0.329 e. The Bertz CT molecular complexity index is 541. The van der Waals surface area contributed by atoms with E-state index in [2.05, 4.69) is 4.98 Å². The van der Waals surface area contributed by atoms with Gasteiger partial charge >= 0.3 is 5.97 Å². The highest BCUT2D eigenvalue weighted by Gasteiger charge is 2.36. The van der Waals surface area contributed by atoms with Gasteiger partial charge in [0.15, 0.2) is 5.58 Å².